The fraction of sp³-hybridized carbons (Fsp3) is 0.636. The lowest BCUT2D eigenvalue weighted by Crippen LogP contribution is -2.31. The van der Waals surface area contributed by atoms with E-state index in [0.29, 0.717) is 12.6 Å². The fourth-order valence-corrected chi connectivity index (χ4v) is 2.00. The zero-order valence-corrected chi connectivity index (χ0v) is 10.1. The molecule has 1 aromatic heterocycles. The third-order valence-corrected chi connectivity index (χ3v) is 3.26. The number of rotatable bonds is 7. The van der Waals surface area contributed by atoms with Crippen molar-refractivity contribution in [3.63, 3.8) is 0 Å². The van der Waals surface area contributed by atoms with Crippen LogP contribution in [0.5, 0.6) is 0 Å². The number of aliphatic hydroxyl groups excluding tert-OH is 1. The van der Waals surface area contributed by atoms with Gasteiger partial charge in [-0.05, 0) is 24.8 Å². The molecule has 0 bridgehead atoms. The second kappa shape index (κ2) is 6.95. The minimum absolute atomic E-state index is 0.375. The van der Waals surface area contributed by atoms with Crippen molar-refractivity contribution >= 4 is 11.3 Å². The van der Waals surface area contributed by atoms with Crippen LogP contribution in [0.4, 0.5) is 0 Å². The van der Waals surface area contributed by atoms with E-state index in [4.69, 9.17) is 4.74 Å². The summed E-state index contributed by atoms with van der Waals surface area (Å²) >= 11 is 1.59. The largest absolute Gasteiger partial charge is 0.386 e. The molecule has 0 amide bonds. The maximum absolute atomic E-state index is 9.80. The molecule has 0 aliphatic carbocycles. The quantitative estimate of drug-likeness (QED) is 0.749. The Balaban J connectivity index is 2.19. The van der Waals surface area contributed by atoms with Gasteiger partial charge in [0.2, 0.25) is 0 Å². The molecular weight excluding hydrogens is 210 g/mol. The standard InChI is InChI=1S/C11H19NO2S/c1-9(5-6-14-2)12-8-10(13)11-4-3-7-15-11/h3-4,7,9-10,12-13H,5-6,8H2,1-2H3. The Morgan fingerprint density at radius 2 is 2.40 bits per heavy atom. The van der Waals surface area contributed by atoms with Gasteiger partial charge in [-0.2, -0.15) is 0 Å². The maximum Gasteiger partial charge on any atom is 0.101 e. The van der Waals surface area contributed by atoms with Gasteiger partial charge in [-0.15, -0.1) is 11.3 Å². The number of hydrogen-bond donors (Lipinski definition) is 2. The molecule has 3 nitrogen and oxygen atoms in total. The molecule has 2 unspecified atom stereocenters. The predicted octanol–water partition coefficient (Wildman–Crippen LogP) is 1.80. The molecule has 0 saturated heterocycles. The molecule has 2 N–H and O–H groups in total. The molecule has 0 fully saturated rings. The third-order valence-electron chi connectivity index (χ3n) is 2.29. The van der Waals surface area contributed by atoms with E-state index in [0.717, 1.165) is 17.9 Å². The summed E-state index contributed by atoms with van der Waals surface area (Å²) < 4.78 is 4.99. The van der Waals surface area contributed by atoms with Gasteiger partial charge < -0.3 is 15.2 Å². The lowest BCUT2D eigenvalue weighted by atomic mass is 10.2. The zero-order chi connectivity index (χ0) is 11.1. The van der Waals surface area contributed by atoms with Crippen LogP contribution in [0.25, 0.3) is 0 Å². The SMILES string of the molecule is COCCC(C)NCC(O)c1cccs1. The molecule has 0 saturated carbocycles. The Morgan fingerprint density at radius 3 is 3.00 bits per heavy atom. The van der Waals surface area contributed by atoms with Crippen molar-refractivity contribution in [1.82, 2.24) is 5.32 Å². The van der Waals surface area contributed by atoms with Crippen molar-refractivity contribution in [2.75, 3.05) is 20.3 Å². The van der Waals surface area contributed by atoms with Gasteiger partial charge in [0.05, 0.1) is 0 Å². The van der Waals surface area contributed by atoms with Crippen LogP contribution in [-0.4, -0.2) is 31.4 Å². The van der Waals surface area contributed by atoms with E-state index in [-0.39, 0.29) is 0 Å². The van der Waals surface area contributed by atoms with Crippen molar-refractivity contribution < 1.29 is 9.84 Å². The number of methoxy groups -OCH3 is 1. The second-order valence-electron chi connectivity index (χ2n) is 3.62. The van der Waals surface area contributed by atoms with E-state index in [9.17, 15) is 5.11 Å². The molecule has 2 atom stereocenters. The molecule has 86 valence electrons. The van der Waals surface area contributed by atoms with Crippen LogP contribution in [-0.2, 0) is 4.74 Å². The first-order valence-electron chi connectivity index (χ1n) is 5.18. The highest BCUT2D eigenvalue weighted by atomic mass is 32.1. The van der Waals surface area contributed by atoms with Gasteiger partial charge >= 0.3 is 0 Å². The summed E-state index contributed by atoms with van der Waals surface area (Å²) in [7, 11) is 1.70. The van der Waals surface area contributed by atoms with Crippen LogP contribution in [0.1, 0.15) is 24.3 Å². The summed E-state index contributed by atoms with van der Waals surface area (Å²) in [6, 6.07) is 4.29. The van der Waals surface area contributed by atoms with E-state index in [1.807, 2.05) is 17.5 Å². The second-order valence-corrected chi connectivity index (χ2v) is 4.60. The number of aliphatic hydroxyl groups is 1. The van der Waals surface area contributed by atoms with E-state index in [2.05, 4.69) is 12.2 Å². The summed E-state index contributed by atoms with van der Waals surface area (Å²) in [5, 5.41) is 15.1. The minimum atomic E-state index is -0.394. The summed E-state index contributed by atoms with van der Waals surface area (Å²) in [5.41, 5.74) is 0. The first-order chi connectivity index (χ1) is 7.24. The van der Waals surface area contributed by atoms with Crippen LogP contribution in [0, 0.1) is 0 Å². The highest BCUT2D eigenvalue weighted by Gasteiger charge is 2.09. The lowest BCUT2D eigenvalue weighted by Gasteiger charge is -2.15. The molecule has 1 aromatic rings. The predicted molar refractivity (Wildman–Crippen MR) is 63.2 cm³/mol. The minimum Gasteiger partial charge on any atom is -0.386 e. The van der Waals surface area contributed by atoms with E-state index >= 15 is 0 Å². The van der Waals surface area contributed by atoms with Crippen molar-refractivity contribution in [2.24, 2.45) is 0 Å². The number of nitrogens with one attached hydrogen (secondary N) is 1. The highest BCUT2D eigenvalue weighted by molar-refractivity contribution is 7.10. The first-order valence-corrected chi connectivity index (χ1v) is 6.05. The van der Waals surface area contributed by atoms with Crippen molar-refractivity contribution in [2.45, 2.75) is 25.5 Å². The smallest absolute Gasteiger partial charge is 0.101 e. The van der Waals surface area contributed by atoms with Crippen LogP contribution < -0.4 is 5.32 Å². The molecule has 0 radical (unpaired) electrons. The average Bonchev–Trinajstić information content (AvgIpc) is 2.76. The van der Waals surface area contributed by atoms with Gasteiger partial charge in [-0.3, -0.25) is 0 Å². The molecule has 0 aliphatic heterocycles. The van der Waals surface area contributed by atoms with Gasteiger partial charge in [-0.25, -0.2) is 0 Å². The molecular formula is C11H19NO2S. The van der Waals surface area contributed by atoms with Crippen LogP contribution in [0.3, 0.4) is 0 Å². The van der Waals surface area contributed by atoms with E-state index < -0.39 is 6.10 Å². The van der Waals surface area contributed by atoms with Crippen molar-refractivity contribution in [3.05, 3.63) is 22.4 Å². The van der Waals surface area contributed by atoms with Crippen LogP contribution in [0.2, 0.25) is 0 Å². The Labute approximate surface area is 95.1 Å². The Kier molecular flexibility index (Phi) is 5.86. The number of ether oxygens (including phenoxy) is 1. The third kappa shape index (κ3) is 4.75. The van der Waals surface area contributed by atoms with Gasteiger partial charge in [-0.1, -0.05) is 6.07 Å². The van der Waals surface area contributed by atoms with E-state index in [1.165, 1.54) is 0 Å². The number of thiophene rings is 1. The zero-order valence-electron chi connectivity index (χ0n) is 9.27. The molecule has 0 aliphatic rings. The first kappa shape index (κ1) is 12.6. The van der Waals surface area contributed by atoms with Crippen LogP contribution in [0.15, 0.2) is 17.5 Å². The molecule has 1 heterocycles. The maximum atomic E-state index is 9.80. The molecule has 15 heavy (non-hydrogen) atoms. The topological polar surface area (TPSA) is 41.5 Å². The Bertz CT molecular complexity index is 251. The van der Waals surface area contributed by atoms with Gasteiger partial charge in [0.25, 0.3) is 0 Å². The molecule has 4 heteroatoms. The van der Waals surface area contributed by atoms with E-state index in [1.54, 1.807) is 18.4 Å². The molecule has 0 spiro atoms. The lowest BCUT2D eigenvalue weighted by molar-refractivity contribution is 0.160. The van der Waals surface area contributed by atoms with Gasteiger partial charge in [0, 0.05) is 31.2 Å². The van der Waals surface area contributed by atoms with Crippen molar-refractivity contribution in [1.29, 1.82) is 0 Å². The Hall–Kier alpha value is -0.420. The summed E-state index contributed by atoms with van der Waals surface area (Å²) in [4.78, 5) is 1.02. The molecule has 1 rings (SSSR count). The summed E-state index contributed by atoms with van der Waals surface area (Å²) in [6.07, 6.45) is 0.572. The Morgan fingerprint density at radius 1 is 1.60 bits per heavy atom. The number of hydrogen-bond acceptors (Lipinski definition) is 4. The highest BCUT2D eigenvalue weighted by Crippen LogP contribution is 2.17. The fourth-order valence-electron chi connectivity index (χ4n) is 1.29. The molecule has 0 aromatic carbocycles. The van der Waals surface area contributed by atoms with Gasteiger partial charge in [0.1, 0.15) is 6.10 Å². The van der Waals surface area contributed by atoms with Crippen molar-refractivity contribution in [3.8, 4) is 0 Å². The average molecular weight is 229 g/mol. The van der Waals surface area contributed by atoms with Crippen LogP contribution >= 0.6 is 11.3 Å². The van der Waals surface area contributed by atoms with Gasteiger partial charge in [0.15, 0.2) is 0 Å². The summed E-state index contributed by atoms with van der Waals surface area (Å²) in [6.45, 7) is 3.45. The summed E-state index contributed by atoms with van der Waals surface area (Å²) in [5.74, 6) is 0. The monoisotopic (exact) mass is 229 g/mol. The normalized spacial score (nSPS) is 15.1.